The number of benzene rings is 2. The largest absolute Gasteiger partial charge is 0.507 e. The summed E-state index contributed by atoms with van der Waals surface area (Å²) in [5, 5.41) is 19.3. The number of carbonyl (C=O) groups is 1. The summed E-state index contributed by atoms with van der Waals surface area (Å²) in [7, 11) is 0. The highest BCUT2D eigenvalue weighted by atomic mass is 35.5. The van der Waals surface area contributed by atoms with Crippen LogP contribution in [-0.4, -0.2) is 27.7 Å². The molecule has 0 aliphatic carbocycles. The number of allylic oxidation sites excluding steroid dienone is 1. The van der Waals surface area contributed by atoms with E-state index in [1.807, 2.05) is 6.07 Å². The van der Waals surface area contributed by atoms with E-state index in [4.69, 9.17) is 16.3 Å². The molecule has 0 amide bonds. The molecule has 26 heavy (non-hydrogen) atoms. The number of fused-ring (bicyclic) bond motifs is 1. The lowest BCUT2D eigenvalue weighted by atomic mass is 10.2. The number of hydrogen-bond acceptors (Lipinski definition) is 5. The van der Waals surface area contributed by atoms with Crippen LogP contribution in [0, 0.1) is 17.1 Å². The molecule has 1 aromatic heterocycles. The Morgan fingerprint density at radius 3 is 2.77 bits per heavy atom. The van der Waals surface area contributed by atoms with E-state index in [0.29, 0.717) is 11.0 Å². The van der Waals surface area contributed by atoms with Crippen molar-refractivity contribution in [2.24, 2.45) is 0 Å². The van der Waals surface area contributed by atoms with Crippen LogP contribution >= 0.6 is 11.6 Å². The Kier molecular flexibility index (Phi) is 4.87. The van der Waals surface area contributed by atoms with Crippen molar-refractivity contribution >= 4 is 34.2 Å². The van der Waals surface area contributed by atoms with E-state index >= 15 is 0 Å². The fourth-order valence-corrected chi connectivity index (χ4v) is 2.54. The third-order valence-corrected chi connectivity index (χ3v) is 3.85. The van der Waals surface area contributed by atoms with Crippen LogP contribution in [0.25, 0.3) is 16.6 Å². The Morgan fingerprint density at radius 2 is 2.08 bits per heavy atom. The predicted molar refractivity (Wildman–Crippen MR) is 92.9 cm³/mol. The molecule has 0 bridgehead atoms. The molecule has 0 fully saturated rings. The molecule has 0 spiro atoms. The normalized spacial score (nSPS) is 11.7. The molecule has 0 saturated heterocycles. The average Bonchev–Trinajstić information content (AvgIpc) is 3.04. The first-order valence-corrected chi connectivity index (χ1v) is 7.77. The Bertz CT molecular complexity index is 1020. The molecule has 3 aromatic rings. The van der Waals surface area contributed by atoms with Gasteiger partial charge in [0.25, 0.3) is 0 Å². The highest BCUT2D eigenvalue weighted by Crippen LogP contribution is 2.21. The SMILES string of the molecule is N#C/C(=C(/O)COC(=O)c1c(F)cccc1Cl)c1nc2ccccc2[nH]1. The second-order valence-corrected chi connectivity index (χ2v) is 5.62. The number of nitrogens with one attached hydrogen (secondary N) is 1. The van der Waals surface area contributed by atoms with Gasteiger partial charge in [0.05, 0.1) is 16.1 Å². The maximum Gasteiger partial charge on any atom is 0.343 e. The maximum atomic E-state index is 13.7. The maximum absolute atomic E-state index is 13.7. The molecule has 2 aromatic carbocycles. The molecule has 0 atom stereocenters. The monoisotopic (exact) mass is 371 g/mol. The summed E-state index contributed by atoms with van der Waals surface area (Å²) in [5.74, 6) is -2.29. The van der Waals surface area contributed by atoms with Gasteiger partial charge in [0, 0.05) is 0 Å². The summed E-state index contributed by atoms with van der Waals surface area (Å²) in [6, 6.07) is 12.6. The number of aliphatic hydroxyl groups is 1. The van der Waals surface area contributed by atoms with Gasteiger partial charge in [-0.1, -0.05) is 29.8 Å². The molecule has 0 saturated carbocycles. The first kappa shape index (κ1) is 17.5. The standard InChI is InChI=1S/C18H11ClFN3O3/c19-11-4-3-5-12(20)16(11)18(25)26-9-15(24)10(8-21)17-22-13-6-1-2-7-14(13)23-17/h1-7,24H,9H2,(H,22,23)/b15-10-. The number of nitriles is 1. The van der Waals surface area contributed by atoms with Crippen LogP contribution in [0.2, 0.25) is 5.02 Å². The minimum atomic E-state index is -1.05. The zero-order valence-electron chi connectivity index (χ0n) is 13.2. The summed E-state index contributed by atoms with van der Waals surface area (Å²) in [5.41, 5.74) is 0.661. The van der Waals surface area contributed by atoms with Gasteiger partial charge in [-0.15, -0.1) is 0 Å². The number of nitrogens with zero attached hydrogens (tertiary/aromatic N) is 2. The molecule has 0 aliphatic heterocycles. The molecule has 0 radical (unpaired) electrons. The van der Waals surface area contributed by atoms with Crippen LogP contribution in [0.4, 0.5) is 4.39 Å². The van der Waals surface area contributed by atoms with Gasteiger partial charge < -0.3 is 14.8 Å². The van der Waals surface area contributed by atoms with E-state index in [9.17, 15) is 19.6 Å². The van der Waals surface area contributed by atoms with Gasteiger partial charge in [-0.05, 0) is 24.3 Å². The van der Waals surface area contributed by atoms with Crippen molar-refractivity contribution in [3.8, 4) is 6.07 Å². The summed E-state index contributed by atoms with van der Waals surface area (Å²) in [6.45, 7) is -0.635. The zero-order chi connectivity index (χ0) is 18.7. The minimum absolute atomic E-state index is 0.115. The number of halogens is 2. The Morgan fingerprint density at radius 1 is 1.31 bits per heavy atom. The minimum Gasteiger partial charge on any atom is -0.507 e. The first-order valence-electron chi connectivity index (χ1n) is 7.39. The molecule has 0 aliphatic rings. The molecule has 3 rings (SSSR count). The predicted octanol–water partition coefficient (Wildman–Crippen LogP) is 4.01. The van der Waals surface area contributed by atoms with Gasteiger partial charge in [0.15, 0.2) is 11.6 Å². The number of rotatable bonds is 4. The van der Waals surface area contributed by atoms with Crippen molar-refractivity contribution in [2.75, 3.05) is 6.61 Å². The number of para-hydroxylation sites is 2. The third-order valence-electron chi connectivity index (χ3n) is 3.53. The molecular weight excluding hydrogens is 361 g/mol. The van der Waals surface area contributed by atoms with Crippen molar-refractivity contribution in [1.29, 1.82) is 5.26 Å². The van der Waals surface area contributed by atoms with Gasteiger partial charge in [-0.2, -0.15) is 5.26 Å². The van der Waals surface area contributed by atoms with Gasteiger partial charge >= 0.3 is 5.97 Å². The zero-order valence-corrected chi connectivity index (χ0v) is 13.9. The van der Waals surface area contributed by atoms with Crippen LogP contribution in [0.1, 0.15) is 16.2 Å². The van der Waals surface area contributed by atoms with E-state index < -0.39 is 29.7 Å². The number of H-pyrrole nitrogens is 1. The van der Waals surface area contributed by atoms with Gasteiger partial charge in [0.1, 0.15) is 29.6 Å². The van der Waals surface area contributed by atoms with E-state index in [-0.39, 0.29) is 16.4 Å². The Labute approximate surface area is 152 Å². The van der Waals surface area contributed by atoms with Gasteiger partial charge in [-0.25, -0.2) is 14.2 Å². The van der Waals surface area contributed by atoms with Gasteiger partial charge in [-0.3, -0.25) is 0 Å². The second kappa shape index (κ2) is 7.25. The molecule has 0 unspecified atom stereocenters. The topological polar surface area (TPSA) is 99.0 Å². The lowest BCUT2D eigenvalue weighted by Gasteiger charge is -2.07. The quantitative estimate of drug-likeness (QED) is 0.410. The molecule has 2 N–H and O–H groups in total. The summed E-state index contributed by atoms with van der Waals surface area (Å²) >= 11 is 5.79. The molecule has 1 heterocycles. The number of hydrogen-bond donors (Lipinski definition) is 2. The molecule has 8 heteroatoms. The van der Waals surface area contributed by atoms with E-state index in [1.165, 1.54) is 12.1 Å². The van der Waals surface area contributed by atoms with Crippen LogP contribution in [0.15, 0.2) is 48.2 Å². The van der Waals surface area contributed by atoms with E-state index in [1.54, 1.807) is 24.3 Å². The number of imidazole rings is 1. The molecule has 6 nitrogen and oxygen atoms in total. The highest BCUT2D eigenvalue weighted by molar-refractivity contribution is 6.33. The van der Waals surface area contributed by atoms with Crippen LogP contribution in [0.3, 0.4) is 0 Å². The third kappa shape index (κ3) is 3.36. The second-order valence-electron chi connectivity index (χ2n) is 5.21. The lowest BCUT2D eigenvalue weighted by Crippen LogP contribution is -2.11. The number of aromatic nitrogens is 2. The Hall–Kier alpha value is -3.37. The van der Waals surface area contributed by atoms with Crippen molar-refractivity contribution < 1.29 is 19.0 Å². The summed E-state index contributed by atoms with van der Waals surface area (Å²) in [4.78, 5) is 19.1. The van der Waals surface area contributed by atoms with Crippen molar-refractivity contribution in [2.45, 2.75) is 0 Å². The number of carbonyl (C=O) groups excluding carboxylic acids is 1. The fourth-order valence-electron chi connectivity index (χ4n) is 2.30. The van der Waals surface area contributed by atoms with Crippen LogP contribution < -0.4 is 0 Å². The first-order chi connectivity index (χ1) is 12.5. The summed E-state index contributed by atoms with van der Waals surface area (Å²) in [6.07, 6.45) is 0. The smallest absolute Gasteiger partial charge is 0.343 e. The summed E-state index contributed by atoms with van der Waals surface area (Å²) < 4.78 is 18.6. The lowest BCUT2D eigenvalue weighted by molar-refractivity contribution is 0.0497. The highest BCUT2D eigenvalue weighted by Gasteiger charge is 2.19. The number of aliphatic hydroxyl groups excluding tert-OH is 1. The van der Waals surface area contributed by atoms with E-state index in [2.05, 4.69) is 9.97 Å². The molecular formula is C18H11ClFN3O3. The van der Waals surface area contributed by atoms with Crippen molar-refractivity contribution in [1.82, 2.24) is 9.97 Å². The van der Waals surface area contributed by atoms with Crippen molar-refractivity contribution in [3.05, 3.63) is 70.5 Å². The van der Waals surface area contributed by atoms with Crippen LogP contribution in [0.5, 0.6) is 0 Å². The Balaban J connectivity index is 1.83. The van der Waals surface area contributed by atoms with Crippen LogP contribution in [-0.2, 0) is 4.74 Å². The number of esters is 1. The molecule has 130 valence electrons. The van der Waals surface area contributed by atoms with E-state index in [0.717, 1.165) is 6.07 Å². The fraction of sp³-hybridized carbons (Fsp3) is 0.0556. The average molecular weight is 372 g/mol. The number of aromatic amines is 1. The van der Waals surface area contributed by atoms with Crippen molar-refractivity contribution in [3.63, 3.8) is 0 Å². The van der Waals surface area contributed by atoms with Gasteiger partial charge in [0.2, 0.25) is 0 Å². The number of ether oxygens (including phenoxy) is 1.